The fraction of sp³-hybridized carbons (Fsp3) is 0.600. The molecule has 12 nitrogen and oxygen atoms in total. The minimum Gasteiger partial charge on any atom is -0.444 e. The van der Waals surface area contributed by atoms with E-state index in [0.29, 0.717) is 51.1 Å². The molecule has 2 aromatic rings. The second kappa shape index (κ2) is 15.2. The van der Waals surface area contributed by atoms with E-state index in [1.807, 2.05) is 89.9 Å². The van der Waals surface area contributed by atoms with E-state index >= 15 is 0 Å². The van der Waals surface area contributed by atoms with Crippen LogP contribution >= 0.6 is 0 Å². The largest absolute Gasteiger partial charge is 0.444 e. The number of rotatable bonds is 12. The van der Waals surface area contributed by atoms with E-state index in [9.17, 15) is 14.4 Å². The number of nitrogens with one attached hydrogen (secondary N) is 2. The number of benzene rings is 1. The summed E-state index contributed by atoms with van der Waals surface area (Å²) in [4.78, 5) is 50.1. The average molecular weight is 650 g/mol. The van der Waals surface area contributed by atoms with E-state index < -0.39 is 22.8 Å². The summed E-state index contributed by atoms with van der Waals surface area (Å²) in [5, 5.41) is 12.0. The molecule has 1 saturated heterocycles. The standard InChI is InChI=1S/C35H51N7O5/c1-8-34(6,40-32(45)47-33(3,4)5)24-46-35(7,9-2)23-37-29(43)27-15-19-36-31(39-27)41-21-17-26(18-22-41)30(44)42-28(16-20-38-42)25-13-11-10-12-14-25/h10-15,19-20,26,28H,8-9,16-18,21-24H2,1-7H3,(H,37,43)(H,40,45). The van der Waals surface area contributed by atoms with Gasteiger partial charge >= 0.3 is 6.09 Å². The van der Waals surface area contributed by atoms with Crippen molar-refractivity contribution in [2.24, 2.45) is 11.0 Å². The third-order valence-electron chi connectivity index (χ3n) is 8.94. The second-order valence-electron chi connectivity index (χ2n) is 14.0. The molecule has 0 saturated carbocycles. The molecule has 0 spiro atoms. The molecule has 0 aliphatic carbocycles. The molecular formula is C35H51N7O5. The SMILES string of the molecule is CCC(C)(COC(C)(CC)CNC(=O)c1ccnc(N2CCC(C(=O)N3N=CCC3c3ccccc3)CC2)n1)NC(=O)OC(C)(C)C. The van der Waals surface area contributed by atoms with Crippen LogP contribution in [0.3, 0.4) is 0 Å². The second-order valence-corrected chi connectivity index (χ2v) is 14.0. The molecule has 256 valence electrons. The van der Waals surface area contributed by atoms with E-state index in [2.05, 4.69) is 25.7 Å². The number of hydrogen-bond donors (Lipinski definition) is 2. The predicted molar refractivity (Wildman–Crippen MR) is 181 cm³/mol. The van der Waals surface area contributed by atoms with Crippen molar-refractivity contribution >= 4 is 30.1 Å². The summed E-state index contributed by atoms with van der Waals surface area (Å²) in [5.74, 6) is 0.0412. The number of carbonyl (C=O) groups is 3. The van der Waals surface area contributed by atoms with Gasteiger partial charge in [-0.2, -0.15) is 5.10 Å². The first-order valence-electron chi connectivity index (χ1n) is 16.7. The number of hydrazone groups is 1. The Kier molecular flexibility index (Phi) is 11.6. The monoisotopic (exact) mass is 649 g/mol. The molecule has 3 unspecified atom stereocenters. The van der Waals surface area contributed by atoms with Gasteiger partial charge in [-0.15, -0.1) is 0 Å². The number of alkyl carbamates (subject to hydrolysis) is 1. The molecule has 2 N–H and O–H groups in total. The van der Waals surface area contributed by atoms with Gasteiger partial charge < -0.3 is 25.0 Å². The molecule has 2 aliphatic rings. The number of anilines is 1. The summed E-state index contributed by atoms with van der Waals surface area (Å²) in [6, 6.07) is 11.5. The van der Waals surface area contributed by atoms with Gasteiger partial charge in [-0.3, -0.25) is 9.59 Å². The number of amides is 3. The highest BCUT2D eigenvalue weighted by atomic mass is 16.6. The first-order chi connectivity index (χ1) is 22.2. The molecule has 1 aromatic carbocycles. The zero-order valence-corrected chi connectivity index (χ0v) is 28.9. The van der Waals surface area contributed by atoms with Crippen LogP contribution in [0, 0.1) is 5.92 Å². The summed E-state index contributed by atoms with van der Waals surface area (Å²) in [5.41, 5.74) is -0.583. The van der Waals surface area contributed by atoms with E-state index in [1.54, 1.807) is 17.3 Å². The lowest BCUT2D eigenvalue weighted by Crippen LogP contribution is -2.53. The molecule has 3 amide bonds. The van der Waals surface area contributed by atoms with Crippen LogP contribution in [0.1, 0.15) is 103 Å². The Morgan fingerprint density at radius 2 is 1.68 bits per heavy atom. The highest BCUT2D eigenvalue weighted by Crippen LogP contribution is 2.32. The molecule has 47 heavy (non-hydrogen) atoms. The first-order valence-corrected chi connectivity index (χ1v) is 16.7. The maximum absolute atomic E-state index is 13.4. The topological polar surface area (TPSA) is 138 Å². The van der Waals surface area contributed by atoms with Gasteiger partial charge in [0, 0.05) is 44.4 Å². The summed E-state index contributed by atoms with van der Waals surface area (Å²) in [7, 11) is 0. The molecule has 2 aliphatic heterocycles. The van der Waals surface area contributed by atoms with Crippen molar-refractivity contribution in [3.05, 3.63) is 53.9 Å². The van der Waals surface area contributed by atoms with Crippen LogP contribution in [0.4, 0.5) is 10.7 Å². The minimum atomic E-state index is -0.676. The van der Waals surface area contributed by atoms with Gasteiger partial charge in [0.05, 0.1) is 23.8 Å². The lowest BCUT2D eigenvalue weighted by Gasteiger charge is -2.36. The van der Waals surface area contributed by atoms with Crippen molar-refractivity contribution in [2.75, 3.05) is 31.1 Å². The lowest BCUT2D eigenvalue weighted by molar-refractivity contribution is -0.138. The van der Waals surface area contributed by atoms with Crippen LogP contribution in [-0.2, 0) is 14.3 Å². The van der Waals surface area contributed by atoms with Crippen LogP contribution in [0.25, 0.3) is 0 Å². The van der Waals surface area contributed by atoms with Crippen LogP contribution in [0.5, 0.6) is 0 Å². The van der Waals surface area contributed by atoms with Gasteiger partial charge in [-0.05, 0) is 71.9 Å². The fourth-order valence-corrected chi connectivity index (χ4v) is 5.46. The minimum absolute atomic E-state index is 0.0439. The van der Waals surface area contributed by atoms with Crippen molar-refractivity contribution in [3.8, 4) is 0 Å². The summed E-state index contributed by atoms with van der Waals surface area (Å²) in [6.07, 6.45) is 6.19. The molecule has 12 heteroatoms. The summed E-state index contributed by atoms with van der Waals surface area (Å²) >= 11 is 0. The van der Waals surface area contributed by atoms with E-state index in [4.69, 9.17) is 9.47 Å². The van der Waals surface area contributed by atoms with Gasteiger partial charge in [-0.25, -0.2) is 19.8 Å². The maximum Gasteiger partial charge on any atom is 0.408 e. The van der Waals surface area contributed by atoms with E-state index in [0.717, 1.165) is 5.56 Å². The zero-order chi connectivity index (χ0) is 34.2. The van der Waals surface area contributed by atoms with Crippen LogP contribution < -0.4 is 15.5 Å². The third-order valence-corrected chi connectivity index (χ3v) is 8.94. The lowest BCUT2D eigenvalue weighted by atomic mass is 9.94. The maximum atomic E-state index is 13.4. The van der Waals surface area contributed by atoms with Crippen molar-refractivity contribution in [1.29, 1.82) is 0 Å². The molecule has 0 radical (unpaired) electrons. The Morgan fingerprint density at radius 1 is 0.979 bits per heavy atom. The fourth-order valence-electron chi connectivity index (χ4n) is 5.46. The van der Waals surface area contributed by atoms with Gasteiger partial charge in [0.15, 0.2) is 0 Å². The smallest absolute Gasteiger partial charge is 0.408 e. The summed E-state index contributed by atoms with van der Waals surface area (Å²) < 4.78 is 11.7. The van der Waals surface area contributed by atoms with E-state index in [1.165, 1.54) is 0 Å². The Morgan fingerprint density at radius 3 is 2.32 bits per heavy atom. The van der Waals surface area contributed by atoms with Crippen molar-refractivity contribution < 1.29 is 23.9 Å². The average Bonchev–Trinajstić information content (AvgIpc) is 3.56. The Bertz CT molecular complexity index is 1410. The highest BCUT2D eigenvalue weighted by molar-refractivity contribution is 5.92. The molecule has 4 rings (SSSR count). The van der Waals surface area contributed by atoms with Crippen molar-refractivity contribution in [3.63, 3.8) is 0 Å². The Balaban J connectivity index is 1.29. The quantitative estimate of drug-likeness (QED) is 0.318. The predicted octanol–water partition coefficient (Wildman–Crippen LogP) is 5.26. The van der Waals surface area contributed by atoms with Gasteiger partial charge in [0.1, 0.15) is 11.3 Å². The number of ether oxygens (including phenoxy) is 2. The van der Waals surface area contributed by atoms with Gasteiger partial charge in [-0.1, -0.05) is 44.2 Å². The van der Waals surface area contributed by atoms with Crippen LogP contribution in [-0.4, -0.2) is 82.1 Å². The molecule has 0 bridgehead atoms. The first kappa shape index (κ1) is 35.8. The zero-order valence-electron chi connectivity index (χ0n) is 28.9. The van der Waals surface area contributed by atoms with Crippen molar-refractivity contribution in [2.45, 2.75) is 103 Å². The number of aromatic nitrogens is 2. The Hall–Kier alpha value is -4.06. The molecular weight excluding hydrogens is 598 g/mol. The molecule has 3 atom stereocenters. The number of hydrogen-bond acceptors (Lipinski definition) is 9. The van der Waals surface area contributed by atoms with Crippen LogP contribution in [0.15, 0.2) is 47.7 Å². The molecule has 1 aromatic heterocycles. The summed E-state index contributed by atoms with van der Waals surface area (Å²) in [6.45, 7) is 15.0. The normalized spacial score (nSPS) is 19.5. The highest BCUT2D eigenvalue weighted by Gasteiger charge is 2.36. The third kappa shape index (κ3) is 9.73. The number of carbonyl (C=O) groups excluding carboxylic acids is 3. The molecule has 1 fully saturated rings. The Labute approximate surface area is 278 Å². The van der Waals surface area contributed by atoms with E-state index in [-0.39, 0.29) is 42.6 Å². The van der Waals surface area contributed by atoms with Crippen LogP contribution in [0.2, 0.25) is 0 Å². The van der Waals surface area contributed by atoms with Crippen molar-refractivity contribution in [1.82, 2.24) is 25.6 Å². The number of nitrogens with zero attached hydrogens (tertiary/aromatic N) is 5. The van der Waals surface area contributed by atoms with Gasteiger partial charge in [0.2, 0.25) is 11.9 Å². The molecule has 3 heterocycles. The number of piperidine rings is 1. The van der Waals surface area contributed by atoms with Gasteiger partial charge in [0.25, 0.3) is 5.91 Å².